The lowest BCUT2D eigenvalue weighted by molar-refractivity contribution is -0.153. The van der Waals surface area contributed by atoms with Crippen LogP contribution in [0.3, 0.4) is 0 Å². The fourth-order valence-electron chi connectivity index (χ4n) is 3.95. The molecule has 3 heteroatoms. The van der Waals surface area contributed by atoms with E-state index in [9.17, 15) is 9.90 Å². The topological polar surface area (TPSA) is 40.5 Å². The molecule has 0 amide bonds. The quantitative estimate of drug-likeness (QED) is 0.847. The summed E-state index contributed by atoms with van der Waals surface area (Å²) in [5, 5.41) is 9.75. The third-order valence-electron chi connectivity index (χ3n) is 5.59. The Balaban J connectivity index is 2.10. The Morgan fingerprint density at radius 2 is 1.84 bits per heavy atom. The van der Waals surface area contributed by atoms with Crippen molar-refractivity contribution in [2.75, 3.05) is 6.54 Å². The summed E-state index contributed by atoms with van der Waals surface area (Å²) in [5.74, 6) is 0.138. The number of carboxylic acid groups (broad SMARTS) is 1. The van der Waals surface area contributed by atoms with Gasteiger partial charge in [-0.1, -0.05) is 13.8 Å². The van der Waals surface area contributed by atoms with Gasteiger partial charge in [0, 0.05) is 18.6 Å². The first-order valence-electron chi connectivity index (χ1n) is 7.97. The SMILES string of the molecule is CCC1CCC(C)N1CC1(C(=O)O)CCC(C)CC1. The number of rotatable bonds is 4. The normalized spacial score (nSPS) is 40.5. The summed E-state index contributed by atoms with van der Waals surface area (Å²) in [6.07, 6.45) is 7.49. The van der Waals surface area contributed by atoms with Crippen molar-refractivity contribution in [1.29, 1.82) is 0 Å². The maximum absolute atomic E-state index is 11.8. The first kappa shape index (κ1) is 14.8. The summed E-state index contributed by atoms with van der Waals surface area (Å²) in [4.78, 5) is 14.3. The molecule has 110 valence electrons. The van der Waals surface area contributed by atoms with Gasteiger partial charge in [-0.3, -0.25) is 9.69 Å². The zero-order valence-corrected chi connectivity index (χ0v) is 12.7. The number of carboxylic acids is 1. The fraction of sp³-hybridized carbons (Fsp3) is 0.938. The van der Waals surface area contributed by atoms with E-state index < -0.39 is 11.4 Å². The second kappa shape index (κ2) is 5.82. The Labute approximate surface area is 117 Å². The van der Waals surface area contributed by atoms with E-state index in [4.69, 9.17) is 0 Å². The van der Waals surface area contributed by atoms with Gasteiger partial charge in [-0.05, 0) is 57.8 Å². The Bertz CT molecular complexity index is 321. The molecule has 0 spiro atoms. The van der Waals surface area contributed by atoms with Crippen molar-refractivity contribution in [2.45, 2.75) is 77.8 Å². The van der Waals surface area contributed by atoms with Gasteiger partial charge in [0.25, 0.3) is 0 Å². The van der Waals surface area contributed by atoms with Crippen LogP contribution in [0.4, 0.5) is 0 Å². The van der Waals surface area contributed by atoms with Crippen molar-refractivity contribution >= 4 is 5.97 Å². The molecular weight excluding hydrogens is 238 g/mol. The first-order valence-corrected chi connectivity index (χ1v) is 7.97. The lowest BCUT2D eigenvalue weighted by Gasteiger charge is -2.41. The monoisotopic (exact) mass is 267 g/mol. The summed E-state index contributed by atoms with van der Waals surface area (Å²) < 4.78 is 0. The molecule has 0 bridgehead atoms. The third-order valence-corrected chi connectivity index (χ3v) is 5.59. The van der Waals surface area contributed by atoms with Gasteiger partial charge in [0.05, 0.1) is 5.41 Å². The Morgan fingerprint density at radius 3 is 2.37 bits per heavy atom. The molecule has 1 N–H and O–H groups in total. The first-order chi connectivity index (χ1) is 8.98. The molecule has 0 aromatic carbocycles. The zero-order valence-electron chi connectivity index (χ0n) is 12.7. The van der Waals surface area contributed by atoms with Gasteiger partial charge in [0.1, 0.15) is 0 Å². The highest BCUT2D eigenvalue weighted by molar-refractivity contribution is 5.75. The van der Waals surface area contributed by atoms with Crippen LogP contribution in [0.25, 0.3) is 0 Å². The molecule has 1 saturated carbocycles. The second-order valence-electron chi connectivity index (χ2n) is 6.93. The molecule has 19 heavy (non-hydrogen) atoms. The van der Waals surface area contributed by atoms with E-state index in [2.05, 4.69) is 25.7 Å². The molecule has 2 aliphatic rings. The van der Waals surface area contributed by atoms with Crippen molar-refractivity contribution in [3.8, 4) is 0 Å². The fourth-order valence-corrected chi connectivity index (χ4v) is 3.95. The number of hydrogen-bond donors (Lipinski definition) is 1. The third kappa shape index (κ3) is 2.96. The van der Waals surface area contributed by atoms with Crippen LogP contribution in [0.1, 0.15) is 65.7 Å². The van der Waals surface area contributed by atoms with Crippen molar-refractivity contribution in [3.05, 3.63) is 0 Å². The number of aliphatic carboxylic acids is 1. The molecule has 2 atom stereocenters. The molecule has 3 nitrogen and oxygen atoms in total. The number of nitrogens with zero attached hydrogens (tertiary/aromatic N) is 1. The van der Waals surface area contributed by atoms with Crippen molar-refractivity contribution in [2.24, 2.45) is 11.3 Å². The van der Waals surface area contributed by atoms with Gasteiger partial charge in [-0.15, -0.1) is 0 Å². The van der Waals surface area contributed by atoms with Gasteiger partial charge >= 0.3 is 5.97 Å². The van der Waals surface area contributed by atoms with Crippen LogP contribution in [0, 0.1) is 11.3 Å². The van der Waals surface area contributed by atoms with E-state index in [1.807, 2.05) is 0 Å². The molecule has 1 heterocycles. The van der Waals surface area contributed by atoms with Gasteiger partial charge in [-0.25, -0.2) is 0 Å². The molecule has 0 aromatic rings. The smallest absolute Gasteiger partial charge is 0.310 e. The predicted molar refractivity (Wildman–Crippen MR) is 77.2 cm³/mol. The summed E-state index contributed by atoms with van der Waals surface area (Å²) in [6.45, 7) is 7.51. The number of carbonyl (C=O) groups is 1. The molecule has 1 aliphatic heterocycles. The van der Waals surface area contributed by atoms with E-state index in [1.54, 1.807) is 0 Å². The average Bonchev–Trinajstić information content (AvgIpc) is 2.73. The molecule has 0 radical (unpaired) electrons. The minimum absolute atomic E-state index is 0.474. The maximum atomic E-state index is 11.8. The van der Waals surface area contributed by atoms with Gasteiger partial charge in [0.15, 0.2) is 0 Å². The van der Waals surface area contributed by atoms with Crippen LogP contribution in [-0.4, -0.2) is 34.6 Å². The molecule has 1 aliphatic carbocycles. The van der Waals surface area contributed by atoms with E-state index in [0.717, 1.165) is 38.6 Å². The lowest BCUT2D eigenvalue weighted by atomic mass is 9.70. The van der Waals surface area contributed by atoms with Gasteiger partial charge < -0.3 is 5.11 Å². The zero-order chi connectivity index (χ0) is 14.0. The van der Waals surface area contributed by atoms with Gasteiger partial charge in [0.2, 0.25) is 0 Å². The summed E-state index contributed by atoms with van der Waals surface area (Å²) >= 11 is 0. The van der Waals surface area contributed by atoms with E-state index in [-0.39, 0.29) is 0 Å². The van der Waals surface area contributed by atoms with Crippen molar-refractivity contribution in [3.63, 3.8) is 0 Å². The van der Waals surface area contributed by atoms with Crippen LogP contribution < -0.4 is 0 Å². The molecule has 2 fully saturated rings. The summed E-state index contributed by atoms with van der Waals surface area (Å²) in [6, 6.07) is 1.16. The standard InChI is InChI=1S/C16H29NO2/c1-4-14-6-5-13(3)17(14)11-16(15(18)19)9-7-12(2)8-10-16/h12-14H,4-11H2,1-3H3,(H,18,19). The van der Waals surface area contributed by atoms with Gasteiger partial charge in [-0.2, -0.15) is 0 Å². The minimum atomic E-state index is -0.562. The second-order valence-corrected chi connectivity index (χ2v) is 6.93. The largest absolute Gasteiger partial charge is 0.481 e. The number of likely N-dealkylation sites (tertiary alicyclic amines) is 1. The predicted octanol–water partition coefficient (Wildman–Crippen LogP) is 3.53. The Kier molecular flexibility index (Phi) is 4.54. The van der Waals surface area contributed by atoms with Crippen LogP contribution in [0.5, 0.6) is 0 Å². The minimum Gasteiger partial charge on any atom is -0.481 e. The highest BCUT2D eigenvalue weighted by Crippen LogP contribution is 2.42. The van der Waals surface area contributed by atoms with Crippen LogP contribution in [-0.2, 0) is 4.79 Å². The highest BCUT2D eigenvalue weighted by Gasteiger charge is 2.45. The number of hydrogen-bond acceptors (Lipinski definition) is 2. The van der Waals surface area contributed by atoms with E-state index >= 15 is 0 Å². The maximum Gasteiger partial charge on any atom is 0.310 e. The van der Waals surface area contributed by atoms with Crippen LogP contribution >= 0.6 is 0 Å². The summed E-state index contributed by atoms with van der Waals surface area (Å²) in [5.41, 5.74) is -0.474. The molecule has 1 saturated heterocycles. The Morgan fingerprint density at radius 1 is 1.21 bits per heavy atom. The molecule has 2 rings (SSSR count). The van der Waals surface area contributed by atoms with Crippen LogP contribution in [0.15, 0.2) is 0 Å². The molecular formula is C16H29NO2. The lowest BCUT2D eigenvalue weighted by Crippen LogP contribution is -2.48. The summed E-state index contributed by atoms with van der Waals surface area (Å²) in [7, 11) is 0. The van der Waals surface area contributed by atoms with E-state index in [0.29, 0.717) is 18.0 Å². The Hall–Kier alpha value is -0.570. The van der Waals surface area contributed by atoms with Crippen molar-refractivity contribution in [1.82, 2.24) is 4.90 Å². The molecule has 2 unspecified atom stereocenters. The average molecular weight is 267 g/mol. The van der Waals surface area contributed by atoms with Crippen molar-refractivity contribution < 1.29 is 9.90 Å². The molecule has 0 aromatic heterocycles. The van der Waals surface area contributed by atoms with Crippen LogP contribution in [0.2, 0.25) is 0 Å². The highest BCUT2D eigenvalue weighted by atomic mass is 16.4. The van der Waals surface area contributed by atoms with E-state index in [1.165, 1.54) is 12.8 Å².